The van der Waals surface area contributed by atoms with Gasteiger partial charge >= 0.3 is 12.1 Å². The summed E-state index contributed by atoms with van der Waals surface area (Å²) in [5, 5.41) is 2.96. The fraction of sp³-hybridized carbons (Fsp3) is 0.100. The molecule has 0 fully saturated rings. The van der Waals surface area contributed by atoms with Gasteiger partial charge in [0.15, 0.2) is 12.4 Å². The Kier molecular flexibility index (Phi) is 6.26. The molecule has 0 radical (unpaired) electrons. The monoisotopic (exact) mass is 415 g/mol. The van der Waals surface area contributed by atoms with E-state index in [1.807, 2.05) is 30.3 Å². The molecule has 1 aromatic heterocycles. The lowest BCUT2D eigenvalue weighted by Crippen LogP contribution is -2.10. The minimum atomic E-state index is -4.41. The summed E-state index contributed by atoms with van der Waals surface area (Å²) < 4.78 is 42.7. The Morgan fingerprint density at radius 2 is 1.73 bits per heavy atom. The number of nitrogen functional groups attached to an aromatic ring is 1. The SMILES string of the molecule is Nc1nc(COC(=O)/C=C/c2ccc(C(F)(F)F)cc2)nc(Nc2ccccc2)n1. The summed E-state index contributed by atoms with van der Waals surface area (Å²) in [6.45, 7) is -0.258. The van der Waals surface area contributed by atoms with Gasteiger partial charge in [-0.2, -0.15) is 28.1 Å². The number of para-hydroxylation sites is 1. The Balaban J connectivity index is 1.58. The van der Waals surface area contributed by atoms with Crippen molar-refractivity contribution >= 4 is 29.6 Å². The predicted molar refractivity (Wildman–Crippen MR) is 104 cm³/mol. The van der Waals surface area contributed by atoms with Crippen molar-refractivity contribution < 1.29 is 22.7 Å². The number of halogens is 3. The van der Waals surface area contributed by atoms with Gasteiger partial charge in [0.2, 0.25) is 11.9 Å². The van der Waals surface area contributed by atoms with Crippen LogP contribution in [-0.2, 0) is 22.3 Å². The number of ether oxygens (including phenoxy) is 1. The second-order valence-corrected chi connectivity index (χ2v) is 5.99. The van der Waals surface area contributed by atoms with Crippen LogP contribution in [0, 0.1) is 0 Å². The molecule has 3 aromatic rings. The van der Waals surface area contributed by atoms with Gasteiger partial charge < -0.3 is 15.8 Å². The fourth-order valence-electron chi connectivity index (χ4n) is 2.34. The summed E-state index contributed by atoms with van der Waals surface area (Å²) in [4.78, 5) is 23.9. The highest BCUT2D eigenvalue weighted by Crippen LogP contribution is 2.29. The number of rotatable bonds is 6. The first-order valence-corrected chi connectivity index (χ1v) is 8.64. The summed E-state index contributed by atoms with van der Waals surface area (Å²) in [6, 6.07) is 13.5. The highest BCUT2D eigenvalue weighted by molar-refractivity contribution is 5.87. The fourth-order valence-corrected chi connectivity index (χ4v) is 2.34. The minimum Gasteiger partial charge on any atom is -0.454 e. The molecule has 3 rings (SSSR count). The van der Waals surface area contributed by atoms with Crippen molar-refractivity contribution in [3.8, 4) is 0 Å². The Labute approximate surface area is 169 Å². The van der Waals surface area contributed by atoms with E-state index in [0.29, 0.717) is 5.56 Å². The lowest BCUT2D eigenvalue weighted by molar-refractivity contribution is -0.139. The summed E-state index contributed by atoms with van der Waals surface area (Å²) in [5.74, 6) is -0.432. The van der Waals surface area contributed by atoms with Gasteiger partial charge in [0.05, 0.1) is 5.56 Å². The van der Waals surface area contributed by atoms with Crippen LogP contribution in [0.1, 0.15) is 17.0 Å². The Hall–Kier alpha value is -3.95. The van der Waals surface area contributed by atoms with Gasteiger partial charge in [-0.25, -0.2) is 4.79 Å². The second-order valence-electron chi connectivity index (χ2n) is 5.99. The van der Waals surface area contributed by atoms with Gasteiger partial charge in [0, 0.05) is 11.8 Å². The summed E-state index contributed by atoms with van der Waals surface area (Å²) in [5.41, 5.74) is 6.05. The van der Waals surface area contributed by atoms with E-state index in [9.17, 15) is 18.0 Å². The van der Waals surface area contributed by atoms with Crippen LogP contribution in [0.25, 0.3) is 6.08 Å². The first-order valence-electron chi connectivity index (χ1n) is 8.64. The number of aromatic nitrogens is 3. The van der Waals surface area contributed by atoms with Crippen molar-refractivity contribution in [1.29, 1.82) is 0 Å². The molecule has 1 heterocycles. The molecular weight excluding hydrogens is 399 g/mol. The summed E-state index contributed by atoms with van der Waals surface area (Å²) >= 11 is 0. The molecule has 3 N–H and O–H groups in total. The van der Waals surface area contributed by atoms with E-state index < -0.39 is 17.7 Å². The smallest absolute Gasteiger partial charge is 0.416 e. The van der Waals surface area contributed by atoms with E-state index in [-0.39, 0.29) is 24.3 Å². The standard InChI is InChI=1S/C20H16F3N5O2/c21-20(22,23)14-9-6-13(7-10-14)8-11-17(29)30-12-16-26-18(24)28-19(27-16)25-15-4-2-1-3-5-15/h1-11H,12H2,(H3,24,25,26,27,28)/b11-8+. The van der Waals surface area contributed by atoms with E-state index >= 15 is 0 Å². The Morgan fingerprint density at radius 3 is 2.40 bits per heavy atom. The van der Waals surface area contributed by atoms with Gasteiger partial charge in [-0.3, -0.25) is 0 Å². The lowest BCUT2D eigenvalue weighted by Gasteiger charge is -2.07. The number of nitrogens with zero attached hydrogens (tertiary/aromatic N) is 3. The van der Waals surface area contributed by atoms with Crippen LogP contribution in [0.15, 0.2) is 60.7 Å². The van der Waals surface area contributed by atoms with E-state index in [1.165, 1.54) is 18.2 Å². The number of hydrogen-bond donors (Lipinski definition) is 2. The molecule has 30 heavy (non-hydrogen) atoms. The lowest BCUT2D eigenvalue weighted by atomic mass is 10.1. The summed E-state index contributed by atoms with van der Waals surface area (Å²) in [7, 11) is 0. The van der Waals surface area contributed by atoms with Crippen molar-refractivity contribution in [2.24, 2.45) is 0 Å². The Bertz CT molecular complexity index is 1040. The molecule has 0 atom stereocenters. The molecule has 0 aliphatic heterocycles. The molecule has 2 aromatic carbocycles. The largest absolute Gasteiger partial charge is 0.454 e. The highest BCUT2D eigenvalue weighted by atomic mass is 19.4. The predicted octanol–water partition coefficient (Wildman–Crippen LogP) is 3.97. The molecule has 0 saturated heterocycles. The quantitative estimate of drug-likeness (QED) is 0.464. The van der Waals surface area contributed by atoms with Gasteiger partial charge in [-0.05, 0) is 35.9 Å². The molecule has 154 valence electrons. The van der Waals surface area contributed by atoms with Crippen LogP contribution in [0.2, 0.25) is 0 Å². The zero-order chi connectivity index (χ0) is 21.6. The zero-order valence-corrected chi connectivity index (χ0v) is 15.4. The third kappa shape index (κ3) is 6.03. The average Bonchev–Trinajstić information content (AvgIpc) is 2.71. The average molecular weight is 415 g/mol. The molecule has 0 bridgehead atoms. The number of nitrogens with one attached hydrogen (secondary N) is 1. The van der Waals surface area contributed by atoms with Crippen LogP contribution in [0.3, 0.4) is 0 Å². The van der Waals surface area contributed by atoms with Crippen LogP contribution >= 0.6 is 0 Å². The maximum Gasteiger partial charge on any atom is 0.416 e. The van der Waals surface area contributed by atoms with E-state index in [1.54, 1.807) is 0 Å². The van der Waals surface area contributed by atoms with Gasteiger partial charge in [0.25, 0.3) is 0 Å². The van der Waals surface area contributed by atoms with Crippen molar-refractivity contribution in [3.05, 3.63) is 77.6 Å². The van der Waals surface area contributed by atoms with Crippen LogP contribution < -0.4 is 11.1 Å². The number of hydrogen-bond acceptors (Lipinski definition) is 7. The van der Waals surface area contributed by atoms with Crippen molar-refractivity contribution in [1.82, 2.24) is 15.0 Å². The zero-order valence-electron chi connectivity index (χ0n) is 15.4. The summed E-state index contributed by atoms with van der Waals surface area (Å²) in [6.07, 6.45) is -1.98. The third-order valence-corrected chi connectivity index (χ3v) is 3.72. The highest BCUT2D eigenvalue weighted by Gasteiger charge is 2.29. The molecule has 0 unspecified atom stereocenters. The number of benzene rings is 2. The van der Waals surface area contributed by atoms with E-state index in [0.717, 1.165) is 23.9 Å². The van der Waals surface area contributed by atoms with Crippen molar-refractivity contribution in [2.75, 3.05) is 11.1 Å². The number of carbonyl (C=O) groups excluding carboxylic acids is 1. The maximum absolute atomic E-state index is 12.6. The molecule has 0 amide bonds. The number of anilines is 3. The maximum atomic E-state index is 12.6. The first-order chi connectivity index (χ1) is 14.3. The number of carbonyl (C=O) groups is 1. The third-order valence-electron chi connectivity index (χ3n) is 3.72. The second kappa shape index (κ2) is 9.03. The molecule has 10 heteroatoms. The molecule has 0 saturated carbocycles. The minimum absolute atomic E-state index is 0.0465. The van der Waals surface area contributed by atoms with Crippen LogP contribution in [0.5, 0.6) is 0 Å². The van der Waals surface area contributed by atoms with Gasteiger partial charge in [0.1, 0.15) is 0 Å². The Morgan fingerprint density at radius 1 is 1.03 bits per heavy atom. The molecular formula is C20H16F3N5O2. The van der Waals surface area contributed by atoms with E-state index in [2.05, 4.69) is 20.3 Å². The molecule has 7 nitrogen and oxygen atoms in total. The molecule has 0 aliphatic carbocycles. The molecule has 0 aliphatic rings. The molecule has 0 spiro atoms. The van der Waals surface area contributed by atoms with Crippen LogP contribution in [-0.4, -0.2) is 20.9 Å². The van der Waals surface area contributed by atoms with Gasteiger partial charge in [-0.1, -0.05) is 30.3 Å². The number of alkyl halides is 3. The number of esters is 1. The normalized spacial score (nSPS) is 11.4. The van der Waals surface area contributed by atoms with Crippen molar-refractivity contribution in [2.45, 2.75) is 12.8 Å². The first kappa shape index (κ1) is 20.8. The van der Waals surface area contributed by atoms with Crippen molar-refractivity contribution in [3.63, 3.8) is 0 Å². The number of nitrogens with two attached hydrogens (primary N) is 1. The topological polar surface area (TPSA) is 103 Å². The van der Waals surface area contributed by atoms with E-state index in [4.69, 9.17) is 10.5 Å². The van der Waals surface area contributed by atoms with Gasteiger partial charge in [-0.15, -0.1) is 0 Å². The van der Waals surface area contributed by atoms with Crippen LogP contribution in [0.4, 0.5) is 30.8 Å².